The highest BCUT2D eigenvalue weighted by atomic mass is 16.3. The predicted molar refractivity (Wildman–Crippen MR) is 51.1 cm³/mol. The first-order valence-electron chi connectivity index (χ1n) is 5.16. The first-order chi connectivity index (χ1) is 5.84. The molecule has 72 valence electrons. The maximum atomic E-state index is 8.57. The highest BCUT2D eigenvalue weighted by molar-refractivity contribution is 4.75. The zero-order valence-electron chi connectivity index (χ0n) is 8.05. The van der Waals surface area contributed by atoms with Crippen molar-refractivity contribution in [1.29, 1.82) is 0 Å². The summed E-state index contributed by atoms with van der Waals surface area (Å²) in [6, 6.07) is 0. The van der Waals surface area contributed by atoms with E-state index in [1.807, 2.05) is 0 Å². The van der Waals surface area contributed by atoms with Crippen LogP contribution in [0, 0.1) is 11.8 Å². The summed E-state index contributed by atoms with van der Waals surface area (Å²) in [7, 11) is 0. The lowest BCUT2D eigenvalue weighted by Crippen LogP contribution is -2.25. The third-order valence-electron chi connectivity index (χ3n) is 2.96. The molecule has 0 aromatic carbocycles. The van der Waals surface area contributed by atoms with Crippen molar-refractivity contribution >= 4 is 0 Å². The third-order valence-corrected chi connectivity index (χ3v) is 2.96. The van der Waals surface area contributed by atoms with Gasteiger partial charge in [-0.25, -0.2) is 0 Å². The molecule has 0 radical (unpaired) electrons. The molecule has 2 N–H and O–H groups in total. The van der Waals surface area contributed by atoms with Gasteiger partial charge >= 0.3 is 0 Å². The van der Waals surface area contributed by atoms with E-state index in [1.54, 1.807) is 0 Å². The van der Waals surface area contributed by atoms with Gasteiger partial charge in [0.25, 0.3) is 0 Å². The molecule has 0 aromatic rings. The van der Waals surface area contributed by atoms with E-state index in [0.29, 0.717) is 6.61 Å². The van der Waals surface area contributed by atoms with E-state index in [9.17, 15) is 0 Å². The fourth-order valence-electron chi connectivity index (χ4n) is 2.02. The molecule has 0 saturated heterocycles. The van der Waals surface area contributed by atoms with Crippen LogP contribution in [0.5, 0.6) is 0 Å². The lowest BCUT2D eigenvalue weighted by Gasteiger charge is -2.15. The first kappa shape index (κ1) is 10.0. The highest BCUT2D eigenvalue weighted by Crippen LogP contribution is 2.30. The Hall–Kier alpha value is -0.0800. The van der Waals surface area contributed by atoms with Crippen LogP contribution in [-0.2, 0) is 0 Å². The van der Waals surface area contributed by atoms with Crippen molar-refractivity contribution in [2.75, 3.05) is 19.7 Å². The second-order valence-electron chi connectivity index (χ2n) is 3.95. The van der Waals surface area contributed by atoms with Crippen molar-refractivity contribution in [3.05, 3.63) is 0 Å². The second-order valence-corrected chi connectivity index (χ2v) is 3.95. The Balaban J connectivity index is 1.98. The number of aliphatic hydroxyl groups excluding tert-OH is 1. The summed E-state index contributed by atoms with van der Waals surface area (Å²) in [5, 5.41) is 12.0. The Labute approximate surface area is 75.4 Å². The van der Waals surface area contributed by atoms with Gasteiger partial charge in [0.1, 0.15) is 0 Å². The monoisotopic (exact) mass is 171 g/mol. The Morgan fingerprint density at radius 2 is 2.25 bits per heavy atom. The second kappa shape index (κ2) is 5.55. The minimum Gasteiger partial charge on any atom is -0.396 e. The summed E-state index contributed by atoms with van der Waals surface area (Å²) < 4.78 is 0. The van der Waals surface area contributed by atoms with Gasteiger partial charge in [-0.1, -0.05) is 19.8 Å². The van der Waals surface area contributed by atoms with Crippen LogP contribution in [0.1, 0.15) is 32.6 Å². The minimum atomic E-state index is 0.313. The molecule has 1 aliphatic rings. The van der Waals surface area contributed by atoms with E-state index in [2.05, 4.69) is 12.2 Å². The van der Waals surface area contributed by atoms with Crippen LogP contribution < -0.4 is 5.32 Å². The molecule has 0 spiro atoms. The lowest BCUT2D eigenvalue weighted by atomic mass is 9.98. The summed E-state index contributed by atoms with van der Waals surface area (Å²) in [6.07, 6.45) is 5.11. The van der Waals surface area contributed by atoms with E-state index >= 15 is 0 Å². The first-order valence-corrected chi connectivity index (χ1v) is 5.16. The van der Waals surface area contributed by atoms with E-state index in [1.165, 1.54) is 19.3 Å². The summed E-state index contributed by atoms with van der Waals surface area (Å²) in [6.45, 7) is 4.79. The van der Waals surface area contributed by atoms with Gasteiger partial charge in [-0.15, -0.1) is 0 Å². The molecule has 2 nitrogen and oxygen atoms in total. The highest BCUT2D eigenvalue weighted by Gasteiger charge is 2.22. The molecule has 0 amide bonds. The summed E-state index contributed by atoms with van der Waals surface area (Å²) in [5.74, 6) is 1.80. The van der Waals surface area contributed by atoms with Gasteiger partial charge in [0.15, 0.2) is 0 Å². The lowest BCUT2D eigenvalue weighted by molar-refractivity contribution is 0.282. The Morgan fingerprint density at radius 1 is 1.42 bits per heavy atom. The Kier molecular flexibility index (Phi) is 4.62. The normalized spacial score (nSPS) is 29.5. The zero-order valence-corrected chi connectivity index (χ0v) is 8.05. The van der Waals surface area contributed by atoms with Gasteiger partial charge < -0.3 is 10.4 Å². The number of nitrogens with one attached hydrogen (secondary N) is 1. The minimum absolute atomic E-state index is 0.313. The molecular weight excluding hydrogens is 150 g/mol. The van der Waals surface area contributed by atoms with E-state index in [4.69, 9.17) is 5.11 Å². The van der Waals surface area contributed by atoms with Crippen LogP contribution in [0.3, 0.4) is 0 Å². The molecule has 1 rings (SSSR count). The van der Waals surface area contributed by atoms with Crippen molar-refractivity contribution < 1.29 is 5.11 Å². The number of rotatable bonds is 5. The molecule has 1 fully saturated rings. The third kappa shape index (κ3) is 3.11. The van der Waals surface area contributed by atoms with Gasteiger partial charge in [0, 0.05) is 6.61 Å². The molecule has 2 heteroatoms. The fourth-order valence-corrected chi connectivity index (χ4v) is 2.02. The molecule has 0 aliphatic heterocycles. The summed E-state index contributed by atoms with van der Waals surface area (Å²) >= 11 is 0. The quantitative estimate of drug-likeness (QED) is 0.613. The molecule has 2 atom stereocenters. The van der Waals surface area contributed by atoms with Crippen molar-refractivity contribution in [3.8, 4) is 0 Å². The van der Waals surface area contributed by atoms with Crippen LogP contribution in [0.2, 0.25) is 0 Å². The van der Waals surface area contributed by atoms with Gasteiger partial charge in [-0.2, -0.15) is 0 Å². The molecular formula is C10H21NO. The maximum Gasteiger partial charge on any atom is 0.0443 e. The van der Waals surface area contributed by atoms with Gasteiger partial charge in [0.2, 0.25) is 0 Å². The molecule has 1 aliphatic carbocycles. The molecule has 1 saturated carbocycles. The molecule has 0 heterocycles. The van der Waals surface area contributed by atoms with Crippen LogP contribution >= 0.6 is 0 Å². The van der Waals surface area contributed by atoms with Crippen LogP contribution in [0.15, 0.2) is 0 Å². The summed E-state index contributed by atoms with van der Waals surface area (Å²) in [5.41, 5.74) is 0. The summed E-state index contributed by atoms with van der Waals surface area (Å²) in [4.78, 5) is 0. The predicted octanol–water partition coefficient (Wildman–Crippen LogP) is 1.39. The van der Waals surface area contributed by atoms with Gasteiger partial charge in [-0.3, -0.25) is 0 Å². The number of hydrogen-bond acceptors (Lipinski definition) is 2. The topological polar surface area (TPSA) is 32.3 Å². The van der Waals surface area contributed by atoms with Gasteiger partial charge in [-0.05, 0) is 37.8 Å². The number of hydrogen-bond donors (Lipinski definition) is 2. The molecule has 0 bridgehead atoms. The van der Waals surface area contributed by atoms with Crippen molar-refractivity contribution in [3.63, 3.8) is 0 Å². The molecule has 12 heavy (non-hydrogen) atoms. The van der Waals surface area contributed by atoms with Crippen molar-refractivity contribution in [2.45, 2.75) is 32.6 Å². The van der Waals surface area contributed by atoms with Crippen LogP contribution in [0.4, 0.5) is 0 Å². The van der Waals surface area contributed by atoms with Crippen molar-refractivity contribution in [1.82, 2.24) is 5.32 Å². The van der Waals surface area contributed by atoms with Crippen LogP contribution in [0.25, 0.3) is 0 Å². The van der Waals surface area contributed by atoms with Crippen molar-refractivity contribution in [2.24, 2.45) is 11.8 Å². The standard InChI is InChI=1S/C10H21NO/c1-9-4-2-5-10(9)8-11-6-3-7-12/h9-12H,2-8H2,1H3. The zero-order chi connectivity index (χ0) is 8.81. The average Bonchev–Trinajstić information content (AvgIpc) is 2.46. The molecule has 0 aromatic heterocycles. The van der Waals surface area contributed by atoms with E-state index in [0.717, 1.165) is 31.3 Å². The SMILES string of the molecule is CC1CCCC1CNCCCO. The maximum absolute atomic E-state index is 8.57. The fraction of sp³-hybridized carbons (Fsp3) is 1.00. The average molecular weight is 171 g/mol. The van der Waals surface area contributed by atoms with E-state index in [-0.39, 0.29) is 0 Å². The largest absolute Gasteiger partial charge is 0.396 e. The smallest absolute Gasteiger partial charge is 0.0443 e. The Bertz CT molecular complexity index is 116. The van der Waals surface area contributed by atoms with Crippen LogP contribution in [-0.4, -0.2) is 24.8 Å². The van der Waals surface area contributed by atoms with E-state index < -0.39 is 0 Å². The van der Waals surface area contributed by atoms with Gasteiger partial charge in [0.05, 0.1) is 0 Å². The number of aliphatic hydroxyl groups is 1. The Morgan fingerprint density at radius 3 is 2.83 bits per heavy atom. The molecule has 2 unspecified atom stereocenters.